The van der Waals surface area contributed by atoms with Crippen LogP contribution < -0.4 is 14.2 Å². The molecule has 110 valence electrons. The number of hydrogen-bond acceptors (Lipinski definition) is 5. The van der Waals surface area contributed by atoms with E-state index >= 15 is 0 Å². The van der Waals surface area contributed by atoms with Crippen molar-refractivity contribution in [2.45, 2.75) is 18.9 Å². The highest BCUT2D eigenvalue weighted by molar-refractivity contribution is 5.82. The monoisotopic (exact) mass is 279 g/mol. The summed E-state index contributed by atoms with van der Waals surface area (Å²) in [5.74, 6) is 1.85. The molecule has 0 aromatic heterocycles. The molecule has 0 radical (unpaired) electrons. The van der Waals surface area contributed by atoms with Gasteiger partial charge in [0, 0.05) is 12.8 Å². The van der Waals surface area contributed by atoms with Gasteiger partial charge in [-0.15, -0.1) is 0 Å². The van der Waals surface area contributed by atoms with Gasteiger partial charge in [-0.25, -0.2) is 0 Å². The minimum absolute atomic E-state index is 0.258. The first-order chi connectivity index (χ1) is 9.78. The van der Waals surface area contributed by atoms with E-state index in [9.17, 15) is 0 Å². The first kappa shape index (κ1) is 14.7. The van der Waals surface area contributed by atoms with Gasteiger partial charge in [0.1, 0.15) is 0 Å². The van der Waals surface area contributed by atoms with Crippen molar-refractivity contribution in [1.82, 2.24) is 0 Å². The van der Waals surface area contributed by atoms with Crippen molar-refractivity contribution in [1.29, 1.82) is 0 Å². The zero-order chi connectivity index (χ0) is 14.4. The van der Waals surface area contributed by atoms with Gasteiger partial charge in [-0.3, -0.25) is 4.99 Å². The van der Waals surface area contributed by atoms with Crippen LogP contribution in [0.5, 0.6) is 17.2 Å². The molecule has 0 N–H and O–H groups in total. The lowest BCUT2D eigenvalue weighted by Crippen LogP contribution is -2.09. The average molecular weight is 279 g/mol. The Morgan fingerprint density at radius 2 is 1.90 bits per heavy atom. The zero-order valence-electron chi connectivity index (χ0n) is 12.2. The van der Waals surface area contributed by atoms with Gasteiger partial charge in [-0.1, -0.05) is 0 Å². The fraction of sp³-hybridized carbons (Fsp3) is 0.533. The Labute approximate surface area is 119 Å². The summed E-state index contributed by atoms with van der Waals surface area (Å²) in [5, 5.41) is 0. The summed E-state index contributed by atoms with van der Waals surface area (Å²) in [6, 6.07) is 3.75. The molecule has 5 heteroatoms. The number of benzene rings is 1. The Balaban J connectivity index is 2.12. The Hall–Kier alpha value is -1.75. The minimum atomic E-state index is 0.258. The standard InChI is InChI=1S/C15H21NO4/c1-17-13-7-11(8-14(18-2)15(13)19-3)9-16-10-12-5-4-6-20-12/h7-9,12H,4-6,10H2,1-3H3. The lowest BCUT2D eigenvalue weighted by molar-refractivity contribution is 0.118. The predicted octanol–water partition coefficient (Wildman–Crippen LogP) is 2.31. The van der Waals surface area contributed by atoms with Crippen molar-refractivity contribution < 1.29 is 18.9 Å². The third-order valence-electron chi connectivity index (χ3n) is 3.26. The number of hydrogen-bond donors (Lipinski definition) is 0. The minimum Gasteiger partial charge on any atom is -0.493 e. The Morgan fingerprint density at radius 3 is 2.40 bits per heavy atom. The summed E-state index contributed by atoms with van der Waals surface area (Å²) >= 11 is 0. The molecule has 0 saturated carbocycles. The van der Waals surface area contributed by atoms with Crippen LogP contribution >= 0.6 is 0 Å². The number of aliphatic imine (C=N–C) groups is 1. The topological polar surface area (TPSA) is 49.3 Å². The molecular formula is C15H21NO4. The van der Waals surface area contributed by atoms with E-state index in [1.54, 1.807) is 21.3 Å². The molecule has 5 nitrogen and oxygen atoms in total. The molecule has 1 aromatic rings. The summed E-state index contributed by atoms with van der Waals surface area (Å²) in [6.45, 7) is 1.54. The highest BCUT2D eigenvalue weighted by atomic mass is 16.5. The van der Waals surface area contributed by atoms with E-state index < -0.39 is 0 Å². The lowest BCUT2D eigenvalue weighted by atomic mass is 10.2. The van der Waals surface area contributed by atoms with Crippen molar-refractivity contribution >= 4 is 6.21 Å². The molecule has 2 rings (SSSR count). The van der Waals surface area contributed by atoms with E-state index in [0.29, 0.717) is 23.8 Å². The molecule has 20 heavy (non-hydrogen) atoms. The van der Waals surface area contributed by atoms with Crippen LogP contribution in [-0.4, -0.2) is 46.8 Å². The average Bonchev–Trinajstić information content (AvgIpc) is 2.99. The van der Waals surface area contributed by atoms with E-state index in [-0.39, 0.29) is 6.10 Å². The molecule has 1 aliphatic rings. The van der Waals surface area contributed by atoms with Gasteiger partial charge in [0.25, 0.3) is 0 Å². The van der Waals surface area contributed by atoms with Gasteiger partial charge in [-0.05, 0) is 30.5 Å². The second-order valence-electron chi connectivity index (χ2n) is 4.59. The van der Waals surface area contributed by atoms with Crippen LogP contribution in [0.2, 0.25) is 0 Å². The third-order valence-corrected chi connectivity index (χ3v) is 3.26. The maximum Gasteiger partial charge on any atom is 0.203 e. The van der Waals surface area contributed by atoms with Crippen molar-refractivity contribution in [2.24, 2.45) is 4.99 Å². The Morgan fingerprint density at radius 1 is 1.20 bits per heavy atom. The van der Waals surface area contributed by atoms with E-state index in [0.717, 1.165) is 25.0 Å². The molecule has 0 amide bonds. The molecule has 1 heterocycles. The molecule has 1 aliphatic heterocycles. The Bertz CT molecular complexity index is 442. The van der Waals surface area contributed by atoms with Crippen LogP contribution in [0.1, 0.15) is 18.4 Å². The second-order valence-corrected chi connectivity index (χ2v) is 4.59. The van der Waals surface area contributed by atoms with E-state index in [1.807, 2.05) is 18.3 Å². The largest absolute Gasteiger partial charge is 0.493 e. The van der Waals surface area contributed by atoms with Crippen molar-refractivity contribution in [3.8, 4) is 17.2 Å². The fourth-order valence-corrected chi connectivity index (χ4v) is 2.24. The normalized spacial score (nSPS) is 18.4. The molecule has 1 aromatic carbocycles. The summed E-state index contributed by atoms with van der Waals surface area (Å²) < 4.78 is 21.4. The van der Waals surface area contributed by atoms with E-state index in [2.05, 4.69) is 4.99 Å². The number of ether oxygens (including phenoxy) is 4. The van der Waals surface area contributed by atoms with Crippen LogP contribution in [0.4, 0.5) is 0 Å². The van der Waals surface area contributed by atoms with Gasteiger partial charge >= 0.3 is 0 Å². The van der Waals surface area contributed by atoms with E-state index in [4.69, 9.17) is 18.9 Å². The van der Waals surface area contributed by atoms with Crippen LogP contribution in [-0.2, 0) is 4.74 Å². The van der Waals surface area contributed by atoms with Gasteiger partial charge in [0.15, 0.2) is 11.5 Å². The zero-order valence-corrected chi connectivity index (χ0v) is 12.2. The first-order valence-electron chi connectivity index (χ1n) is 6.70. The smallest absolute Gasteiger partial charge is 0.203 e. The Kier molecular flexibility index (Phi) is 5.24. The van der Waals surface area contributed by atoms with Gasteiger partial charge in [0.2, 0.25) is 5.75 Å². The number of rotatable bonds is 6. The van der Waals surface area contributed by atoms with Crippen LogP contribution in [0.15, 0.2) is 17.1 Å². The van der Waals surface area contributed by atoms with Crippen molar-refractivity contribution in [3.63, 3.8) is 0 Å². The van der Waals surface area contributed by atoms with Crippen LogP contribution in [0.3, 0.4) is 0 Å². The van der Waals surface area contributed by atoms with Crippen molar-refractivity contribution in [2.75, 3.05) is 34.5 Å². The molecular weight excluding hydrogens is 258 g/mol. The summed E-state index contributed by atoms with van der Waals surface area (Å²) in [4.78, 5) is 4.43. The molecule has 1 fully saturated rings. The van der Waals surface area contributed by atoms with Crippen LogP contribution in [0, 0.1) is 0 Å². The van der Waals surface area contributed by atoms with Gasteiger partial charge in [0.05, 0.1) is 34.0 Å². The maximum absolute atomic E-state index is 5.53. The number of nitrogens with zero attached hydrogens (tertiary/aromatic N) is 1. The highest BCUT2D eigenvalue weighted by Crippen LogP contribution is 2.37. The molecule has 1 unspecified atom stereocenters. The third kappa shape index (κ3) is 3.42. The maximum atomic E-state index is 5.53. The lowest BCUT2D eigenvalue weighted by Gasteiger charge is -2.12. The molecule has 1 atom stereocenters. The molecule has 0 spiro atoms. The summed E-state index contributed by atoms with van der Waals surface area (Å²) in [7, 11) is 4.79. The van der Waals surface area contributed by atoms with Crippen molar-refractivity contribution in [3.05, 3.63) is 17.7 Å². The van der Waals surface area contributed by atoms with Gasteiger partial charge in [-0.2, -0.15) is 0 Å². The second kappa shape index (κ2) is 7.14. The molecule has 0 bridgehead atoms. The highest BCUT2D eigenvalue weighted by Gasteiger charge is 2.15. The SMILES string of the molecule is COc1cc(C=NCC2CCCO2)cc(OC)c1OC. The summed E-state index contributed by atoms with van der Waals surface area (Å²) in [5.41, 5.74) is 0.914. The molecule has 0 aliphatic carbocycles. The quantitative estimate of drug-likeness (QED) is 0.750. The van der Waals surface area contributed by atoms with Crippen LogP contribution in [0.25, 0.3) is 0 Å². The fourth-order valence-electron chi connectivity index (χ4n) is 2.24. The van der Waals surface area contributed by atoms with Gasteiger partial charge < -0.3 is 18.9 Å². The summed E-state index contributed by atoms with van der Waals surface area (Å²) in [6.07, 6.45) is 4.29. The number of methoxy groups -OCH3 is 3. The van der Waals surface area contributed by atoms with E-state index in [1.165, 1.54) is 0 Å². The molecule has 1 saturated heterocycles. The first-order valence-corrected chi connectivity index (χ1v) is 6.70. The predicted molar refractivity (Wildman–Crippen MR) is 77.5 cm³/mol.